The van der Waals surface area contributed by atoms with E-state index in [4.69, 9.17) is 16.3 Å². The zero-order valence-electron chi connectivity index (χ0n) is 16.4. The number of rotatable bonds is 5. The van der Waals surface area contributed by atoms with Crippen LogP contribution in [0.15, 0.2) is 45.7 Å². The maximum atomic E-state index is 13.0. The van der Waals surface area contributed by atoms with Crippen LogP contribution in [-0.4, -0.2) is 24.2 Å². The fourth-order valence-corrected chi connectivity index (χ4v) is 4.49. The number of aryl methyl sites for hydroxylation is 1. The molecule has 2 aromatic carbocycles. The molecule has 0 saturated carbocycles. The van der Waals surface area contributed by atoms with Crippen LogP contribution in [0.4, 0.5) is 0 Å². The van der Waals surface area contributed by atoms with Crippen molar-refractivity contribution in [3.8, 4) is 16.9 Å². The third-order valence-corrected chi connectivity index (χ3v) is 6.38. The van der Waals surface area contributed by atoms with E-state index in [1.807, 2.05) is 37.3 Å². The SMILES string of the molecule is Cc1cc2c(OCCC3CCCCN3)c(-c3cccc(Br)c3)c(=O)[nH]c2cc1Cl. The summed E-state index contributed by atoms with van der Waals surface area (Å²) in [4.78, 5) is 16.0. The molecular formula is C23H24BrClN2O2. The number of nitrogens with one attached hydrogen (secondary N) is 2. The molecule has 1 atom stereocenters. The Morgan fingerprint density at radius 2 is 2.10 bits per heavy atom. The van der Waals surface area contributed by atoms with Gasteiger partial charge in [-0.25, -0.2) is 0 Å². The Labute approximate surface area is 183 Å². The second-order valence-electron chi connectivity index (χ2n) is 7.60. The molecule has 4 rings (SSSR count). The molecule has 0 amide bonds. The highest BCUT2D eigenvalue weighted by molar-refractivity contribution is 9.10. The molecule has 1 fully saturated rings. The first-order chi connectivity index (χ1) is 14.0. The van der Waals surface area contributed by atoms with Crippen molar-refractivity contribution in [3.05, 3.63) is 61.8 Å². The van der Waals surface area contributed by atoms with Gasteiger partial charge in [0, 0.05) is 20.9 Å². The van der Waals surface area contributed by atoms with E-state index in [0.29, 0.717) is 34.5 Å². The Bertz CT molecular complexity index is 1090. The molecule has 2 heterocycles. The Balaban J connectivity index is 1.77. The van der Waals surface area contributed by atoms with Gasteiger partial charge < -0.3 is 15.0 Å². The van der Waals surface area contributed by atoms with Crippen LogP contribution in [-0.2, 0) is 0 Å². The van der Waals surface area contributed by atoms with E-state index >= 15 is 0 Å². The molecule has 29 heavy (non-hydrogen) atoms. The average Bonchev–Trinajstić information content (AvgIpc) is 2.70. The summed E-state index contributed by atoms with van der Waals surface area (Å²) in [7, 11) is 0. The lowest BCUT2D eigenvalue weighted by Gasteiger charge is -2.24. The van der Waals surface area contributed by atoms with Crippen LogP contribution in [0.1, 0.15) is 31.2 Å². The summed E-state index contributed by atoms with van der Waals surface area (Å²) < 4.78 is 7.22. The van der Waals surface area contributed by atoms with Crippen molar-refractivity contribution in [2.45, 2.75) is 38.6 Å². The van der Waals surface area contributed by atoms with Gasteiger partial charge in [-0.15, -0.1) is 0 Å². The molecule has 1 unspecified atom stereocenters. The minimum atomic E-state index is -0.179. The van der Waals surface area contributed by atoms with Crippen LogP contribution >= 0.6 is 27.5 Å². The quantitative estimate of drug-likeness (QED) is 0.488. The van der Waals surface area contributed by atoms with E-state index in [1.165, 1.54) is 19.3 Å². The van der Waals surface area contributed by atoms with Crippen LogP contribution in [0.5, 0.6) is 5.75 Å². The van der Waals surface area contributed by atoms with Gasteiger partial charge in [-0.05, 0) is 68.1 Å². The molecule has 3 aromatic rings. The molecular weight excluding hydrogens is 452 g/mol. The van der Waals surface area contributed by atoms with Crippen molar-refractivity contribution in [3.63, 3.8) is 0 Å². The summed E-state index contributed by atoms with van der Waals surface area (Å²) in [5, 5.41) is 5.05. The van der Waals surface area contributed by atoms with E-state index in [2.05, 4.69) is 26.2 Å². The van der Waals surface area contributed by atoms with Crippen LogP contribution in [0.2, 0.25) is 5.02 Å². The Morgan fingerprint density at radius 3 is 2.86 bits per heavy atom. The van der Waals surface area contributed by atoms with E-state index < -0.39 is 0 Å². The van der Waals surface area contributed by atoms with E-state index in [1.54, 1.807) is 6.07 Å². The smallest absolute Gasteiger partial charge is 0.260 e. The number of aromatic amines is 1. The zero-order chi connectivity index (χ0) is 20.4. The fourth-order valence-electron chi connectivity index (χ4n) is 3.93. The number of hydrogen-bond donors (Lipinski definition) is 2. The summed E-state index contributed by atoms with van der Waals surface area (Å²) in [5.74, 6) is 0.623. The predicted octanol–water partition coefficient (Wildman–Crippen LogP) is 5.83. The largest absolute Gasteiger partial charge is 0.492 e. The lowest BCUT2D eigenvalue weighted by Crippen LogP contribution is -2.35. The highest BCUT2D eigenvalue weighted by Gasteiger charge is 2.19. The van der Waals surface area contributed by atoms with Gasteiger partial charge >= 0.3 is 0 Å². The molecule has 0 radical (unpaired) electrons. The first kappa shape index (κ1) is 20.5. The molecule has 1 saturated heterocycles. The maximum absolute atomic E-state index is 13.0. The summed E-state index contributed by atoms with van der Waals surface area (Å²) in [6.45, 7) is 3.58. The van der Waals surface area contributed by atoms with Crippen molar-refractivity contribution in [2.24, 2.45) is 0 Å². The van der Waals surface area contributed by atoms with Crippen LogP contribution in [0.25, 0.3) is 22.0 Å². The minimum absolute atomic E-state index is 0.179. The Hall–Kier alpha value is -1.82. The molecule has 2 N–H and O–H groups in total. The second kappa shape index (κ2) is 8.90. The minimum Gasteiger partial charge on any atom is -0.492 e. The van der Waals surface area contributed by atoms with E-state index in [9.17, 15) is 4.79 Å². The Morgan fingerprint density at radius 1 is 1.24 bits per heavy atom. The number of piperidine rings is 1. The number of hydrogen-bond acceptors (Lipinski definition) is 3. The normalized spacial score (nSPS) is 16.9. The van der Waals surface area contributed by atoms with Crippen LogP contribution < -0.4 is 15.6 Å². The van der Waals surface area contributed by atoms with Crippen LogP contribution in [0.3, 0.4) is 0 Å². The lowest BCUT2D eigenvalue weighted by molar-refractivity contribution is 0.271. The highest BCUT2D eigenvalue weighted by atomic mass is 79.9. The summed E-state index contributed by atoms with van der Waals surface area (Å²) in [6.07, 6.45) is 4.58. The van der Waals surface area contributed by atoms with Gasteiger partial charge in [0.1, 0.15) is 5.75 Å². The van der Waals surface area contributed by atoms with Crippen molar-refractivity contribution < 1.29 is 4.74 Å². The maximum Gasteiger partial charge on any atom is 0.260 e. The molecule has 0 spiro atoms. The van der Waals surface area contributed by atoms with Gasteiger partial charge in [0.2, 0.25) is 0 Å². The highest BCUT2D eigenvalue weighted by Crippen LogP contribution is 2.36. The van der Waals surface area contributed by atoms with Gasteiger partial charge in [0.05, 0.1) is 17.7 Å². The average molecular weight is 476 g/mol. The summed E-state index contributed by atoms with van der Waals surface area (Å²) >= 11 is 9.80. The number of benzene rings is 2. The molecule has 152 valence electrons. The van der Waals surface area contributed by atoms with Crippen molar-refractivity contribution in [1.82, 2.24) is 10.3 Å². The number of H-pyrrole nitrogens is 1. The lowest BCUT2D eigenvalue weighted by atomic mass is 10.0. The fraction of sp³-hybridized carbons (Fsp3) is 0.348. The van der Waals surface area contributed by atoms with Crippen molar-refractivity contribution in [2.75, 3.05) is 13.2 Å². The molecule has 6 heteroatoms. The number of halogens is 2. The molecule has 1 aromatic heterocycles. The molecule has 0 aliphatic carbocycles. The van der Waals surface area contributed by atoms with E-state index in [0.717, 1.165) is 34.0 Å². The molecule has 0 bridgehead atoms. The first-order valence-electron chi connectivity index (χ1n) is 10.0. The second-order valence-corrected chi connectivity index (χ2v) is 8.92. The summed E-state index contributed by atoms with van der Waals surface area (Å²) in [5.41, 5.74) is 2.83. The van der Waals surface area contributed by atoms with Gasteiger partial charge in [0.25, 0.3) is 5.56 Å². The van der Waals surface area contributed by atoms with Crippen molar-refractivity contribution in [1.29, 1.82) is 0 Å². The van der Waals surface area contributed by atoms with Crippen LogP contribution in [0, 0.1) is 6.92 Å². The number of fused-ring (bicyclic) bond motifs is 1. The Kier molecular flexibility index (Phi) is 6.28. The van der Waals surface area contributed by atoms with Crippen molar-refractivity contribution >= 4 is 38.4 Å². The van der Waals surface area contributed by atoms with Gasteiger partial charge in [-0.1, -0.05) is 46.1 Å². The topological polar surface area (TPSA) is 54.1 Å². The van der Waals surface area contributed by atoms with Gasteiger partial charge in [0.15, 0.2) is 0 Å². The standard InChI is InChI=1S/C23H24BrClN2O2/c1-14-11-18-20(13-19(14)25)27-23(28)21(15-5-4-6-16(24)12-15)22(18)29-10-8-17-7-2-3-9-26-17/h4-6,11-13,17,26H,2-3,7-10H2,1H3,(H,27,28). The monoisotopic (exact) mass is 474 g/mol. The number of pyridine rings is 1. The zero-order valence-corrected chi connectivity index (χ0v) is 18.7. The summed E-state index contributed by atoms with van der Waals surface area (Å²) in [6, 6.07) is 12.0. The molecule has 4 nitrogen and oxygen atoms in total. The third-order valence-electron chi connectivity index (χ3n) is 5.48. The third kappa shape index (κ3) is 4.52. The number of aromatic nitrogens is 1. The first-order valence-corrected chi connectivity index (χ1v) is 11.2. The number of ether oxygens (including phenoxy) is 1. The molecule has 1 aliphatic heterocycles. The van der Waals surface area contributed by atoms with Gasteiger partial charge in [-0.3, -0.25) is 4.79 Å². The molecule has 1 aliphatic rings. The predicted molar refractivity (Wildman–Crippen MR) is 123 cm³/mol. The van der Waals surface area contributed by atoms with Gasteiger partial charge in [-0.2, -0.15) is 0 Å². The van der Waals surface area contributed by atoms with E-state index in [-0.39, 0.29) is 5.56 Å².